The van der Waals surface area contributed by atoms with E-state index in [1.165, 1.54) is 12.3 Å². The van der Waals surface area contributed by atoms with Gasteiger partial charge in [0.15, 0.2) is 5.76 Å². The minimum atomic E-state index is -0.930. The van der Waals surface area contributed by atoms with Crippen LogP contribution in [0.25, 0.3) is 0 Å². The minimum absolute atomic E-state index is 0.00160. The van der Waals surface area contributed by atoms with Crippen molar-refractivity contribution < 1.29 is 18.8 Å². The van der Waals surface area contributed by atoms with Crippen LogP contribution in [0.5, 0.6) is 0 Å². The molecule has 7 heteroatoms. The first-order chi connectivity index (χ1) is 11.2. The molecule has 1 fully saturated rings. The van der Waals surface area contributed by atoms with E-state index >= 15 is 0 Å². The molecule has 0 unspecified atom stereocenters. The number of para-hydroxylation sites is 1. The van der Waals surface area contributed by atoms with Gasteiger partial charge >= 0.3 is 0 Å². The molecule has 114 valence electrons. The van der Waals surface area contributed by atoms with Gasteiger partial charge in [-0.2, -0.15) is 5.10 Å². The van der Waals surface area contributed by atoms with Gasteiger partial charge in [-0.15, -0.1) is 0 Å². The van der Waals surface area contributed by atoms with Crippen molar-refractivity contribution in [2.45, 2.75) is 6.04 Å². The van der Waals surface area contributed by atoms with Gasteiger partial charge in [-0.05, 0) is 24.3 Å². The molecular weight excluding hydrogens is 298 g/mol. The van der Waals surface area contributed by atoms with Crippen molar-refractivity contribution in [2.75, 3.05) is 4.90 Å². The van der Waals surface area contributed by atoms with Crippen molar-refractivity contribution in [2.24, 2.45) is 11.0 Å². The van der Waals surface area contributed by atoms with E-state index in [1.54, 1.807) is 36.4 Å². The van der Waals surface area contributed by atoms with Gasteiger partial charge in [0.1, 0.15) is 17.7 Å². The van der Waals surface area contributed by atoms with Crippen molar-refractivity contribution in [3.8, 4) is 0 Å². The fraction of sp³-hybridized carbons (Fsp3) is 0.125. The van der Waals surface area contributed by atoms with Crippen molar-refractivity contribution in [1.29, 1.82) is 0 Å². The zero-order valence-electron chi connectivity index (χ0n) is 11.8. The number of ketones is 1. The molecular formula is C16H11N3O4. The molecule has 1 saturated heterocycles. The maximum atomic E-state index is 12.7. The molecule has 0 aliphatic carbocycles. The monoisotopic (exact) mass is 309 g/mol. The standard InChI is InChI=1S/C16H11N3O4/c20-14(10-7-4-8-23-10)12-11-13(18-17-12)16(22)19(15(11)21)9-5-2-1-3-6-9/h1-8,11,13,18H/t11-,13-/m1/s1. The molecule has 0 bridgehead atoms. The van der Waals surface area contributed by atoms with Gasteiger partial charge in [-0.25, -0.2) is 4.90 Å². The lowest BCUT2D eigenvalue weighted by Crippen LogP contribution is -2.36. The summed E-state index contributed by atoms with van der Waals surface area (Å²) in [5.74, 6) is -2.22. The van der Waals surface area contributed by atoms with Crippen LogP contribution in [-0.4, -0.2) is 29.4 Å². The average Bonchev–Trinajstić information content (AvgIpc) is 3.28. The van der Waals surface area contributed by atoms with Gasteiger partial charge in [-0.3, -0.25) is 19.8 Å². The molecule has 1 aromatic carbocycles. The van der Waals surface area contributed by atoms with Crippen LogP contribution >= 0.6 is 0 Å². The number of nitrogens with one attached hydrogen (secondary N) is 1. The highest BCUT2D eigenvalue weighted by Crippen LogP contribution is 2.31. The average molecular weight is 309 g/mol. The number of hydrogen-bond donors (Lipinski definition) is 1. The Hall–Kier alpha value is -3.22. The first-order valence-electron chi connectivity index (χ1n) is 7.02. The Morgan fingerprint density at radius 2 is 1.87 bits per heavy atom. The second kappa shape index (κ2) is 4.91. The topological polar surface area (TPSA) is 92.0 Å². The van der Waals surface area contributed by atoms with E-state index in [2.05, 4.69) is 10.5 Å². The molecule has 3 heterocycles. The largest absolute Gasteiger partial charge is 0.461 e. The number of hydrazone groups is 1. The summed E-state index contributed by atoms with van der Waals surface area (Å²) < 4.78 is 5.06. The Morgan fingerprint density at radius 1 is 1.09 bits per heavy atom. The number of rotatable bonds is 3. The second-order valence-electron chi connectivity index (χ2n) is 5.24. The Morgan fingerprint density at radius 3 is 2.57 bits per heavy atom. The van der Waals surface area contributed by atoms with Gasteiger partial charge in [0, 0.05) is 0 Å². The van der Waals surface area contributed by atoms with Crippen LogP contribution in [-0.2, 0) is 9.59 Å². The maximum Gasteiger partial charge on any atom is 0.259 e. The Kier molecular flexibility index (Phi) is 2.87. The van der Waals surface area contributed by atoms with E-state index in [9.17, 15) is 14.4 Å². The third kappa shape index (κ3) is 1.90. The van der Waals surface area contributed by atoms with Crippen LogP contribution in [0.2, 0.25) is 0 Å². The van der Waals surface area contributed by atoms with Gasteiger partial charge in [0.05, 0.1) is 12.0 Å². The number of Topliss-reactive ketones (excluding diaryl/α,β-unsaturated/α-hetero) is 1. The van der Waals surface area contributed by atoms with E-state index in [1.807, 2.05) is 0 Å². The highest BCUT2D eigenvalue weighted by molar-refractivity contribution is 6.52. The highest BCUT2D eigenvalue weighted by Gasteiger charge is 2.55. The highest BCUT2D eigenvalue weighted by atomic mass is 16.3. The molecule has 0 saturated carbocycles. The second-order valence-corrected chi connectivity index (χ2v) is 5.24. The maximum absolute atomic E-state index is 12.7. The van der Waals surface area contributed by atoms with Crippen molar-refractivity contribution in [3.63, 3.8) is 0 Å². The normalized spacial score (nSPS) is 22.8. The number of carbonyl (C=O) groups excluding carboxylic acids is 3. The lowest BCUT2D eigenvalue weighted by atomic mass is 9.95. The van der Waals surface area contributed by atoms with E-state index in [0.717, 1.165) is 4.90 Å². The summed E-state index contributed by atoms with van der Waals surface area (Å²) in [5.41, 5.74) is 3.08. The number of furan rings is 1. The van der Waals surface area contributed by atoms with E-state index in [-0.39, 0.29) is 11.5 Å². The SMILES string of the molecule is O=C(C1=NN[C@H]2C(=O)N(c3ccccc3)C(=O)[C@H]12)c1ccco1. The van der Waals surface area contributed by atoms with Gasteiger partial charge < -0.3 is 4.42 Å². The molecule has 0 spiro atoms. The lowest BCUT2D eigenvalue weighted by molar-refractivity contribution is -0.122. The summed E-state index contributed by atoms with van der Waals surface area (Å²) in [4.78, 5) is 38.7. The molecule has 1 aromatic heterocycles. The number of amides is 2. The molecule has 4 rings (SSSR count). The van der Waals surface area contributed by atoms with Crippen LogP contribution in [0.3, 0.4) is 0 Å². The summed E-state index contributed by atoms with van der Waals surface area (Å²) in [7, 11) is 0. The molecule has 0 radical (unpaired) electrons. The zero-order chi connectivity index (χ0) is 16.0. The van der Waals surface area contributed by atoms with E-state index in [4.69, 9.17) is 4.42 Å². The van der Waals surface area contributed by atoms with Crippen LogP contribution in [0.1, 0.15) is 10.6 Å². The molecule has 2 aliphatic rings. The number of carbonyl (C=O) groups is 3. The third-order valence-electron chi connectivity index (χ3n) is 3.92. The first kappa shape index (κ1) is 13.4. The number of anilines is 1. The summed E-state index contributed by atoms with van der Waals surface area (Å²) in [5, 5.41) is 3.89. The Labute approximate surface area is 130 Å². The number of hydrogen-bond acceptors (Lipinski definition) is 6. The lowest BCUT2D eigenvalue weighted by Gasteiger charge is -2.15. The van der Waals surface area contributed by atoms with Crippen LogP contribution in [0, 0.1) is 5.92 Å². The molecule has 1 N–H and O–H groups in total. The summed E-state index contributed by atoms with van der Waals surface area (Å²) in [6.07, 6.45) is 1.37. The van der Waals surface area contributed by atoms with Gasteiger partial charge in [-0.1, -0.05) is 18.2 Å². The van der Waals surface area contributed by atoms with Crippen molar-refractivity contribution >= 4 is 29.0 Å². The first-order valence-corrected chi connectivity index (χ1v) is 7.02. The van der Waals surface area contributed by atoms with Crippen molar-refractivity contribution in [3.05, 3.63) is 54.5 Å². The number of nitrogens with zero attached hydrogens (tertiary/aromatic N) is 2. The number of fused-ring (bicyclic) bond motifs is 1. The fourth-order valence-corrected chi connectivity index (χ4v) is 2.84. The Bertz CT molecular complexity index is 826. The summed E-state index contributed by atoms with van der Waals surface area (Å²) in [6, 6.07) is 10.8. The zero-order valence-corrected chi connectivity index (χ0v) is 11.8. The van der Waals surface area contributed by atoms with Crippen LogP contribution in [0.15, 0.2) is 58.2 Å². The van der Waals surface area contributed by atoms with E-state index < -0.39 is 29.6 Å². The predicted molar refractivity (Wildman–Crippen MR) is 79.8 cm³/mol. The van der Waals surface area contributed by atoms with Gasteiger partial charge in [0.25, 0.3) is 5.91 Å². The molecule has 7 nitrogen and oxygen atoms in total. The predicted octanol–water partition coefficient (Wildman–Crippen LogP) is 0.980. The van der Waals surface area contributed by atoms with Crippen molar-refractivity contribution in [1.82, 2.24) is 5.43 Å². The molecule has 2 aliphatic heterocycles. The molecule has 23 heavy (non-hydrogen) atoms. The number of benzene rings is 1. The number of imide groups is 1. The van der Waals surface area contributed by atoms with Crippen LogP contribution in [0.4, 0.5) is 5.69 Å². The summed E-state index contributed by atoms with van der Waals surface area (Å²) >= 11 is 0. The molecule has 2 atom stereocenters. The van der Waals surface area contributed by atoms with E-state index in [0.29, 0.717) is 5.69 Å². The molecule has 2 amide bonds. The minimum Gasteiger partial charge on any atom is -0.461 e. The quantitative estimate of drug-likeness (QED) is 0.674. The summed E-state index contributed by atoms with van der Waals surface area (Å²) in [6.45, 7) is 0. The third-order valence-corrected chi connectivity index (χ3v) is 3.92. The fourth-order valence-electron chi connectivity index (χ4n) is 2.84. The smallest absolute Gasteiger partial charge is 0.259 e. The van der Waals surface area contributed by atoms with Crippen LogP contribution < -0.4 is 10.3 Å². The molecule has 2 aromatic rings. The Balaban J connectivity index is 1.69. The van der Waals surface area contributed by atoms with Gasteiger partial charge in [0.2, 0.25) is 11.7 Å².